The molecular formula is C14H12ClNO3S. The molecule has 0 bridgehead atoms. The Morgan fingerprint density at radius 1 is 1.30 bits per heavy atom. The van der Waals surface area contributed by atoms with Crippen molar-refractivity contribution >= 4 is 40.5 Å². The van der Waals surface area contributed by atoms with Crippen LogP contribution < -0.4 is 5.32 Å². The number of anilines is 1. The maximum absolute atomic E-state index is 12.0. The molecular weight excluding hydrogens is 298 g/mol. The predicted octanol–water partition coefficient (Wildman–Crippen LogP) is 3.91. The Hall–Kier alpha value is -1.85. The van der Waals surface area contributed by atoms with Gasteiger partial charge in [0.15, 0.2) is 0 Å². The summed E-state index contributed by atoms with van der Waals surface area (Å²) in [6.07, 6.45) is 0.873. The summed E-state index contributed by atoms with van der Waals surface area (Å²) in [5.41, 5.74) is 0.402. The Morgan fingerprint density at radius 3 is 2.65 bits per heavy atom. The van der Waals surface area contributed by atoms with Crippen LogP contribution in [0.5, 0.6) is 0 Å². The zero-order valence-electron chi connectivity index (χ0n) is 10.6. The van der Waals surface area contributed by atoms with Crippen molar-refractivity contribution in [2.75, 3.05) is 5.32 Å². The van der Waals surface area contributed by atoms with E-state index >= 15 is 0 Å². The molecule has 0 radical (unpaired) electrons. The molecule has 0 spiro atoms. The van der Waals surface area contributed by atoms with Crippen molar-refractivity contribution in [2.45, 2.75) is 13.3 Å². The predicted molar refractivity (Wildman–Crippen MR) is 80.1 cm³/mol. The fourth-order valence-corrected chi connectivity index (χ4v) is 2.75. The first-order valence-electron chi connectivity index (χ1n) is 5.93. The van der Waals surface area contributed by atoms with E-state index in [1.54, 1.807) is 6.07 Å². The van der Waals surface area contributed by atoms with Crippen molar-refractivity contribution in [3.8, 4) is 0 Å². The molecule has 0 fully saturated rings. The number of carboxylic acids is 1. The van der Waals surface area contributed by atoms with Gasteiger partial charge in [0.1, 0.15) is 0 Å². The first-order valence-corrected chi connectivity index (χ1v) is 7.13. The molecule has 104 valence electrons. The average Bonchev–Trinajstić information content (AvgIpc) is 2.86. The summed E-state index contributed by atoms with van der Waals surface area (Å²) >= 11 is 7.25. The Bertz CT molecular complexity index is 666. The molecule has 0 aliphatic heterocycles. The summed E-state index contributed by atoms with van der Waals surface area (Å²) in [6, 6.07) is 7.88. The molecule has 2 rings (SSSR count). The van der Waals surface area contributed by atoms with Gasteiger partial charge in [0.2, 0.25) is 0 Å². The highest BCUT2D eigenvalue weighted by Crippen LogP contribution is 2.22. The average molecular weight is 310 g/mol. The third kappa shape index (κ3) is 3.37. The molecule has 20 heavy (non-hydrogen) atoms. The summed E-state index contributed by atoms with van der Waals surface area (Å²) < 4.78 is 0. The van der Waals surface area contributed by atoms with Crippen LogP contribution in [0, 0.1) is 0 Å². The Balaban J connectivity index is 2.21. The second-order valence-electron chi connectivity index (χ2n) is 4.11. The molecule has 1 heterocycles. The Kier molecular flexibility index (Phi) is 4.42. The SMILES string of the molecule is CCc1ccc(C(=O)Nc2cc(Cl)cc(C(=O)O)c2)s1. The highest BCUT2D eigenvalue weighted by molar-refractivity contribution is 7.14. The number of carboxylic acid groups (broad SMARTS) is 1. The third-order valence-corrected chi connectivity index (χ3v) is 4.08. The van der Waals surface area contributed by atoms with Crippen molar-refractivity contribution in [2.24, 2.45) is 0 Å². The van der Waals surface area contributed by atoms with E-state index in [2.05, 4.69) is 5.32 Å². The van der Waals surface area contributed by atoms with E-state index in [-0.39, 0.29) is 16.5 Å². The maximum atomic E-state index is 12.0. The van der Waals surface area contributed by atoms with Gasteiger partial charge in [-0.3, -0.25) is 4.79 Å². The molecule has 6 heteroatoms. The normalized spacial score (nSPS) is 10.3. The molecule has 0 aliphatic rings. The summed E-state index contributed by atoms with van der Waals surface area (Å²) in [5, 5.41) is 11.9. The van der Waals surface area contributed by atoms with Gasteiger partial charge >= 0.3 is 5.97 Å². The number of aromatic carboxylic acids is 1. The molecule has 0 saturated heterocycles. The molecule has 0 atom stereocenters. The Morgan fingerprint density at radius 2 is 2.05 bits per heavy atom. The first kappa shape index (κ1) is 14.6. The number of aryl methyl sites for hydroxylation is 1. The molecule has 0 aliphatic carbocycles. The van der Waals surface area contributed by atoms with Crippen molar-refractivity contribution in [1.82, 2.24) is 0 Å². The van der Waals surface area contributed by atoms with Crippen molar-refractivity contribution in [3.05, 3.63) is 50.7 Å². The van der Waals surface area contributed by atoms with E-state index in [0.717, 1.165) is 11.3 Å². The lowest BCUT2D eigenvalue weighted by Crippen LogP contribution is -2.10. The number of thiophene rings is 1. The third-order valence-electron chi connectivity index (χ3n) is 2.64. The number of hydrogen-bond donors (Lipinski definition) is 2. The number of benzene rings is 1. The number of carbonyl (C=O) groups excluding carboxylic acids is 1. The molecule has 1 aromatic heterocycles. The fourth-order valence-electron chi connectivity index (χ4n) is 1.67. The van der Waals surface area contributed by atoms with E-state index in [1.165, 1.54) is 29.5 Å². The fraction of sp³-hybridized carbons (Fsp3) is 0.143. The zero-order chi connectivity index (χ0) is 14.7. The van der Waals surface area contributed by atoms with E-state index in [1.807, 2.05) is 13.0 Å². The standard InChI is InChI=1S/C14H12ClNO3S/c1-2-11-3-4-12(20-11)13(17)16-10-6-8(14(18)19)5-9(15)7-10/h3-7H,2H2,1H3,(H,16,17)(H,18,19). The van der Waals surface area contributed by atoms with Crippen LogP contribution in [-0.4, -0.2) is 17.0 Å². The number of amides is 1. The maximum Gasteiger partial charge on any atom is 0.335 e. The van der Waals surface area contributed by atoms with Gasteiger partial charge in [0.05, 0.1) is 10.4 Å². The minimum atomic E-state index is -1.09. The first-order chi connectivity index (χ1) is 9.49. The van der Waals surface area contributed by atoms with Gasteiger partial charge in [-0.2, -0.15) is 0 Å². The van der Waals surface area contributed by atoms with Gasteiger partial charge < -0.3 is 10.4 Å². The van der Waals surface area contributed by atoms with Crippen LogP contribution in [0.1, 0.15) is 31.8 Å². The van der Waals surface area contributed by atoms with Gasteiger partial charge in [-0.1, -0.05) is 18.5 Å². The van der Waals surface area contributed by atoms with Crippen LogP contribution in [0.2, 0.25) is 5.02 Å². The van der Waals surface area contributed by atoms with E-state index in [9.17, 15) is 9.59 Å². The van der Waals surface area contributed by atoms with Crippen LogP contribution in [0.4, 0.5) is 5.69 Å². The highest BCUT2D eigenvalue weighted by Gasteiger charge is 2.11. The van der Waals surface area contributed by atoms with Gasteiger partial charge in [-0.15, -0.1) is 11.3 Å². The van der Waals surface area contributed by atoms with Crippen molar-refractivity contribution in [3.63, 3.8) is 0 Å². The van der Waals surface area contributed by atoms with Gasteiger partial charge in [-0.05, 0) is 36.8 Å². The number of rotatable bonds is 4. The van der Waals surface area contributed by atoms with Gasteiger partial charge in [0, 0.05) is 15.6 Å². The lowest BCUT2D eigenvalue weighted by atomic mass is 10.2. The van der Waals surface area contributed by atoms with Crippen molar-refractivity contribution in [1.29, 1.82) is 0 Å². The lowest BCUT2D eigenvalue weighted by Gasteiger charge is -2.05. The molecule has 1 aromatic carbocycles. The van der Waals surface area contributed by atoms with E-state index in [4.69, 9.17) is 16.7 Å². The number of carbonyl (C=O) groups is 2. The smallest absolute Gasteiger partial charge is 0.335 e. The number of halogens is 1. The molecule has 4 nitrogen and oxygen atoms in total. The summed E-state index contributed by atoms with van der Waals surface area (Å²) in [4.78, 5) is 24.7. The quantitative estimate of drug-likeness (QED) is 0.899. The molecule has 2 aromatic rings. The van der Waals surface area contributed by atoms with Gasteiger partial charge in [-0.25, -0.2) is 4.79 Å². The second kappa shape index (κ2) is 6.07. The summed E-state index contributed by atoms with van der Waals surface area (Å²) in [7, 11) is 0. The largest absolute Gasteiger partial charge is 0.478 e. The summed E-state index contributed by atoms with van der Waals surface area (Å²) in [6.45, 7) is 2.02. The second-order valence-corrected chi connectivity index (χ2v) is 5.71. The minimum Gasteiger partial charge on any atom is -0.478 e. The highest BCUT2D eigenvalue weighted by atomic mass is 35.5. The molecule has 0 saturated carbocycles. The minimum absolute atomic E-state index is 0.0354. The van der Waals surface area contributed by atoms with Crippen LogP contribution in [0.15, 0.2) is 30.3 Å². The van der Waals surface area contributed by atoms with Crippen LogP contribution >= 0.6 is 22.9 Å². The number of nitrogens with one attached hydrogen (secondary N) is 1. The van der Waals surface area contributed by atoms with Crippen LogP contribution in [0.3, 0.4) is 0 Å². The monoisotopic (exact) mass is 309 g/mol. The molecule has 2 N–H and O–H groups in total. The number of hydrogen-bond acceptors (Lipinski definition) is 3. The molecule has 0 unspecified atom stereocenters. The lowest BCUT2D eigenvalue weighted by molar-refractivity contribution is 0.0696. The van der Waals surface area contributed by atoms with E-state index < -0.39 is 5.97 Å². The van der Waals surface area contributed by atoms with E-state index in [0.29, 0.717) is 10.6 Å². The van der Waals surface area contributed by atoms with Crippen LogP contribution in [-0.2, 0) is 6.42 Å². The zero-order valence-corrected chi connectivity index (χ0v) is 12.2. The topological polar surface area (TPSA) is 66.4 Å². The van der Waals surface area contributed by atoms with Crippen LogP contribution in [0.25, 0.3) is 0 Å². The van der Waals surface area contributed by atoms with Gasteiger partial charge in [0.25, 0.3) is 5.91 Å². The molecule has 1 amide bonds. The Labute approximate surface area is 125 Å². The summed E-state index contributed by atoms with van der Waals surface area (Å²) in [5.74, 6) is -1.36. The van der Waals surface area contributed by atoms with Crippen molar-refractivity contribution < 1.29 is 14.7 Å².